The first-order valence-electron chi connectivity index (χ1n) is 8.79. The molecule has 6 nitrogen and oxygen atoms in total. The fourth-order valence-electron chi connectivity index (χ4n) is 2.82. The predicted molar refractivity (Wildman–Crippen MR) is 100 cm³/mol. The van der Waals surface area contributed by atoms with Crippen LogP contribution in [0.15, 0.2) is 42.6 Å². The minimum Gasteiger partial charge on any atom is -0.368 e. The van der Waals surface area contributed by atoms with Gasteiger partial charge in [0.15, 0.2) is 0 Å². The Kier molecular flexibility index (Phi) is 5.48. The first kappa shape index (κ1) is 17.2. The zero-order valence-electron chi connectivity index (χ0n) is 14.9. The van der Waals surface area contributed by atoms with Crippen molar-refractivity contribution in [1.29, 1.82) is 0 Å². The van der Waals surface area contributed by atoms with Gasteiger partial charge in [-0.05, 0) is 24.1 Å². The zero-order valence-corrected chi connectivity index (χ0v) is 14.9. The van der Waals surface area contributed by atoms with E-state index in [4.69, 9.17) is 0 Å². The molecule has 0 atom stereocenters. The summed E-state index contributed by atoms with van der Waals surface area (Å²) in [7, 11) is 0. The van der Waals surface area contributed by atoms with Crippen molar-refractivity contribution in [2.45, 2.75) is 13.8 Å². The molecule has 6 heteroatoms. The Bertz CT molecular complexity index is 696. The van der Waals surface area contributed by atoms with E-state index in [2.05, 4.69) is 63.2 Å². The molecule has 0 spiro atoms. The maximum absolute atomic E-state index is 12.2. The summed E-state index contributed by atoms with van der Waals surface area (Å²) in [5.41, 5.74) is 1.67. The summed E-state index contributed by atoms with van der Waals surface area (Å²) < 4.78 is 0. The van der Waals surface area contributed by atoms with Crippen LogP contribution in [0.3, 0.4) is 0 Å². The SMILES string of the molecule is CC(C)CNC(=O)c1ccnc(N2CCN(c3ccccc3)CC2)n1. The van der Waals surface area contributed by atoms with Gasteiger partial charge in [-0.25, -0.2) is 9.97 Å². The van der Waals surface area contributed by atoms with Crippen molar-refractivity contribution >= 4 is 17.5 Å². The maximum Gasteiger partial charge on any atom is 0.270 e. The molecular formula is C19H25N5O. The van der Waals surface area contributed by atoms with Crippen LogP contribution in [0.5, 0.6) is 0 Å². The lowest BCUT2D eigenvalue weighted by molar-refractivity contribution is 0.0944. The smallest absolute Gasteiger partial charge is 0.270 e. The molecule has 1 N–H and O–H groups in total. The monoisotopic (exact) mass is 339 g/mol. The molecule has 2 heterocycles. The predicted octanol–water partition coefficient (Wildman–Crippen LogP) is 2.19. The summed E-state index contributed by atoms with van der Waals surface area (Å²) >= 11 is 0. The third-order valence-corrected chi connectivity index (χ3v) is 4.23. The summed E-state index contributed by atoms with van der Waals surface area (Å²) in [6.45, 7) is 8.29. The van der Waals surface area contributed by atoms with E-state index in [1.807, 2.05) is 6.07 Å². The fourth-order valence-corrected chi connectivity index (χ4v) is 2.82. The van der Waals surface area contributed by atoms with E-state index in [-0.39, 0.29) is 5.91 Å². The fraction of sp³-hybridized carbons (Fsp3) is 0.421. The van der Waals surface area contributed by atoms with Crippen LogP contribution in [-0.4, -0.2) is 48.6 Å². The van der Waals surface area contributed by atoms with Crippen molar-refractivity contribution in [3.63, 3.8) is 0 Å². The minimum absolute atomic E-state index is 0.139. The Balaban J connectivity index is 1.62. The molecule has 1 aromatic heterocycles. The quantitative estimate of drug-likeness (QED) is 0.905. The van der Waals surface area contributed by atoms with Crippen LogP contribution in [0, 0.1) is 5.92 Å². The van der Waals surface area contributed by atoms with Gasteiger partial charge in [0.1, 0.15) is 5.69 Å². The van der Waals surface area contributed by atoms with Crippen molar-refractivity contribution in [1.82, 2.24) is 15.3 Å². The number of carbonyl (C=O) groups is 1. The Labute approximate surface area is 148 Å². The lowest BCUT2D eigenvalue weighted by atomic mass is 10.2. The molecular weight excluding hydrogens is 314 g/mol. The molecule has 0 saturated carbocycles. The van der Waals surface area contributed by atoms with Crippen molar-refractivity contribution in [3.05, 3.63) is 48.3 Å². The van der Waals surface area contributed by atoms with Crippen molar-refractivity contribution in [2.75, 3.05) is 42.5 Å². The van der Waals surface area contributed by atoms with Crippen molar-refractivity contribution < 1.29 is 4.79 Å². The van der Waals surface area contributed by atoms with Crippen molar-refractivity contribution in [3.8, 4) is 0 Å². The Morgan fingerprint density at radius 2 is 1.76 bits per heavy atom. The standard InChI is InChI=1S/C19H25N5O/c1-15(2)14-21-18(25)17-8-9-20-19(22-17)24-12-10-23(11-13-24)16-6-4-3-5-7-16/h3-9,15H,10-14H2,1-2H3,(H,21,25). The maximum atomic E-state index is 12.2. The molecule has 1 aliphatic rings. The number of rotatable bonds is 5. The van der Waals surface area contributed by atoms with Gasteiger partial charge in [-0.2, -0.15) is 0 Å². The second-order valence-electron chi connectivity index (χ2n) is 6.66. The highest BCUT2D eigenvalue weighted by Gasteiger charge is 2.20. The second-order valence-corrected chi connectivity index (χ2v) is 6.66. The van der Waals surface area contributed by atoms with Gasteiger partial charge >= 0.3 is 0 Å². The molecule has 0 bridgehead atoms. The van der Waals surface area contributed by atoms with Crippen LogP contribution in [0.2, 0.25) is 0 Å². The molecule has 3 rings (SSSR count). The summed E-state index contributed by atoms with van der Waals surface area (Å²) in [6, 6.07) is 12.1. The van der Waals surface area contributed by atoms with E-state index in [1.54, 1.807) is 12.3 Å². The number of aromatic nitrogens is 2. The van der Waals surface area contributed by atoms with Gasteiger partial charge in [-0.3, -0.25) is 4.79 Å². The largest absolute Gasteiger partial charge is 0.368 e. The highest BCUT2D eigenvalue weighted by atomic mass is 16.1. The number of nitrogens with zero attached hydrogens (tertiary/aromatic N) is 4. The minimum atomic E-state index is -0.139. The van der Waals surface area contributed by atoms with Gasteiger partial charge in [-0.15, -0.1) is 0 Å². The van der Waals surface area contributed by atoms with Crippen LogP contribution in [-0.2, 0) is 0 Å². The van der Waals surface area contributed by atoms with E-state index in [1.165, 1.54) is 5.69 Å². The highest BCUT2D eigenvalue weighted by molar-refractivity contribution is 5.92. The Hall–Kier alpha value is -2.63. The Morgan fingerprint density at radius 1 is 1.08 bits per heavy atom. The summed E-state index contributed by atoms with van der Waals surface area (Å²) in [4.78, 5) is 25.5. The number of hydrogen-bond acceptors (Lipinski definition) is 5. The lowest BCUT2D eigenvalue weighted by Gasteiger charge is -2.36. The van der Waals surface area contributed by atoms with Gasteiger partial charge in [0.2, 0.25) is 5.95 Å². The second kappa shape index (κ2) is 7.96. The molecule has 132 valence electrons. The summed E-state index contributed by atoms with van der Waals surface area (Å²) in [5, 5.41) is 2.90. The van der Waals surface area contributed by atoms with Gasteiger partial charge in [0.05, 0.1) is 0 Å². The first-order valence-corrected chi connectivity index (χ1v) is 8.79. The van der Waals surface area contributed by atoms with Crippen LogP contribution in [0.4, 0.5) is 11.6 Å². The van der Waals surface area contributed by atoms with E-state index in [9.17, 15) is 4.79 Å². The van der Waals surface area contributed by atoms with Crippen molar-refractivity contribution in [2.24, 2.45) is 5.92 Å². The molecule has 1 aliphatic heterocycles. The van der Waals surface area contributed by atoms with Gasteiger partial charge in [0.25, 0.3) is 5.91 Å². The zero-order chi connectivity index (χ0) is 17.6. The first-order chi connectivity index (χ1) is 12.1. The molecule has 2 aromatic rings. The number of nitrogens with one attached hydrogen (secondary N) is 1. The summed E-state index contributed by atoms with van der Waals surface area (Å²) in [6.07, 6.45) is 1.66. The number of carbonyl (C=O) groups excluding carboxylic acids is 1. The summed E-state index contributed by atoms with van der Waals surface area (Å²) in [5.74, 6) is 0.904. The number of anilines is 2. The van der Waals surface area contributed by atoms with Crippen LogP contribution < -0.4 is 15.1 Å². The van der Waals surface area contributed by atoms with E-state index in [0.29, 0.717) is 24.1 Å². The highest BCUT2D eigenvalue weighted by Crippen LogP contribution is 2.17. The van der Waals surface area contributed by atoms with Crippen LogP contribution in [0.1, 0.15) is 24.3 Å². The molecule has 1 amide bonds. The van der Waals surface area contributed by atoms with Crippen LogP contribution in [0.25, 0.3) is 0 Å². The topological polar surface area (TPSA) is 61.4 Å². The molecule has 0 unspecified atom stereocenters. The number of piperazine rings is 1. The van der Waals surface area contributed by atoms with Gasteiger partial charge in [-0.1, -0.05) is 32.0 Å². The van der Waals surface area contributed by atoms with E-state index < -0.39 is 0 Å². The molecule has 0 radical (unpaired) electrons. The number of benzene rings is 1. The van der Waals surface area contributed by atoms with E-state index in [0.717, 1.165) is 26.2 Å². The number of para-hydroxylation sites is 1. The third kappa shape index (κ3) is 4.47. The molecule has 1 fully saturated rings. The molecule has 0 aliphatic carbocycles. The average Bonchev–Trinajstić information content (AvgIpc) is 2.67. The number of amides is 1. The number of hydrogen-bond donors (Lipinski definition) is 1. The molecule has 25 heavy (non-hydrogen) atoms. The van der Waals surface area contributed by atoms with Crippen LogP contribution >= 0.6 is 0 Å². The van der Waals surface area contributed by atoms with E-state index >= 15 is 0 Å². The van der Waals surface area contributed by atoms with Gasteiger partial charge < -0.3 is 15.1 Å². The third-order valence-electron chi connectivity index (χ3n) is 4.23. The molecule has 1 saturated heterocycles. The lowest BCUT2D eigenvalue weighted by Crippen LogP contribution is -2.47. The Morgan fingerprint density at radius 3 is 2.44 bits per heavy atom. The average molecular weight is 339 g/mol. The normalized spacial score (nSPS) is 14.7. The van der Waals surface area contributed by atoms with Gasteiger partial charge in [0, 0.05) is 44.6 Å². The molecule has 1 aromatic carbocycles.